The van der Waals surface area contributed by atoms with Crippen molar-refractivity contribution in [2.24, 2.45) is 5.84 Å². The van der Waals surface area contributed by atoms with Crippen LogP contribution < -0.4 is 16.6 Å². The Bertz CT molecular complexity index is 674. The Morgan fingerprint density at radius 2 is 2.05 bits per heavy atom. The van der Waals surface area contributed by atoms with Crippen molar-refractivity contribution in [2.75, 3.05) is 5.43 Å². The van der Waals surface area contributed by atoms with Crippen LogP contribution in [0.15, 0.2) is 42.6 Å². The van der Waals surface area contributed by atoms with E-state index in [2.05, 4.69) is 15.7 Å². The molecule has 0 saturated heterocycles. The highest BCUT2D eigenvalue weighted by atomic mass is 16.6. The summed E-state index contributed by atoms with van der Waals surface area (Å²) in [5, 5.41) is 13.5. The number of aromatic nitrogens is 1. The average molecular weight is 287 g/mol. The molecule has 0 atom stereocenters. The molecule has 0 aliphatic rings. The SMILES string of the molecule is NNc1ncccc1C(=O)NCc1ccccc1[N+](=O)[O-]. The number of nitro benzene ring substituents is 1. The number of nitrogens with zero attached hydrogens (tertiary/aromatic N) is 2. The van der Waals surface area contributed by atoms with Crippen molar-refractivity contribution in [1.29, 1.82) is 0 Å². The smallest absolute Gasteiger partial charge is 0.274 e. The molecule has 0 bridgehead atoms. The number of hydrogen-bond acceptors (Lipinski definition) is 6. The Balaban J connectivity index is 2.13. The molecule has 8 nitrogen and oxygen atoms in total. The summed E-state index contributed by atoms with van der Waals surface area (Å²) in [4.78, 5) is 26.4. The van der Waals surface area contributed by atoms with E-state index in [0.29, 0.717) is 5.56 Å². The van der Waals surface area contributed by atoms with E-state index >= 15 is 0 Å². The van der Waals surface area contributed by atoms with Crippen molar-refractivity contribution in [2.45, 2.75) is 6.54 Å². The lowest BCUT2D eigenvalue weighted by Crippen LogP contribution is -2.25. The van der Waals surface area contributed by atoms with Gasteiger partial charge in [0.1, 0.15) is 0 Å². The molecule has 8 heteroatoms. The minimum atomic E-state index is -0.488. The van der Waals surface area contributed by atoms with E-state index in [1.54, 1.807) is 30.3 Å². The zero-order valence-corrected chi connectivity index (χ0v) is 10.9. The third-order valence-corrected chi connectivity index (χ3v) is 2.82. The maximum absolute atomic E-state index is 12.1. The van der Waals surface area contributed by atoms with Gasteiger partial charge in [-0.3, -0.25) is 14.9 Å². The van der Waals surface area contributed by atoms with Crippen LogP contribution in [0.2, 0.25) is 0 Å². The third-order valence-electron chi connectivity index (χ3n) is 2.82. The normalized spacial score (nSPS) is 9.95. The van der Waals surface area contributed by atoms with Crippen LogP contribution in [0.1, 0.15) is 15.9 Å². The highest BCUT2D eigenvalue weighted by molar-refractivity contribution is 5.98. The molecule has 2 aromatic rings. The van der Waals surface area contributed by atoms with Crippen LogP contribution in [-0.2, 0) is 6.54 Å². The number of anilines is 1. The summed E-state index contributed by atoms with van der Waals surface area (Å²) in [7, 11) is 0. The maximum Gasteiger partial charge on any atom is 0.274 e. The number of benzene rings is 1. The number of pyridine rings is 1. The number of para-hydroxylation sites is 1. The van der Waals surface area contributed by atoms with E-state index in [4.69, 9.17) is 5.84 Å². The molecular formula is C13H13N5O3. The van der Waals surface area contributed by atoms with E-state index in [1.807, 2.05) is 0 Å². The molecule has 108 valence electrons. The van der Waals surface area contributed by atoms with Crippen molar-refractivity contribution < 1.29 is 9.72 Å². The van der Waals surface area contributed by atoms with Gasteiger partial charge in [-0.15, -0.1) is 0 Å². The monoisotopic (exact) mass is 287 g/mol. The van der Waals surface area contributed by atoms with Gasteiger partial charge in [0.2, 0.25) is 0 Å². The first kappa shape index (κ1) is 14.4. The van der Waals surface area contributed by atoms with Crippen LogP contribution in [0, 0.1) is 10.1 Å². The number of nitro groups is 1. The summed E-state index contributed by atoms with van der Waals surface area (Å²) in [6.07, 6.45) is 1.49. The first-order valence-electron chi connectivity index (χ1n) is 6.05. The summed E-state index contributed by atoms with van der Waals surface area (Å²) in [5.74, 6) is 5.09. The van der Waals surface area contributed by atoms with Gasteiger partial charge in [0.05, 0.1) is 10.5 Å². The molecule has 0 saturated carbocycles. The van der Waals surface area contributed by atoms with E-state index in [1.165, 1.54) is 12.3 Å². The molecule has 1 aromatic carbocycles. The zero-order chi connectivity index (χ0) is 15.2. The Morgan fingerprint density at radius 3 is 2.76 bits per heavy atom. The molecule has 0 aliphatic heterocycles. The minimum Gasteiger partial charge on any atom is -0.348 e. The summed E-state index contributed by atoms with van der Waals surface area (Å²) < 4.78 is 0. The molecule has 0 fully saturated rings. The molecule has 0 unspecified atom stereocenters. The molecule has 1 aromatic heterocycles. The predicted molar refractivity (Wildman–Crippen MR) is 76.3 cm³/mol. The van der Waals surface area contributed by atoms with Crippen LogP contribution in [0.3, 0.4) is 0 Å². The number of nitrogens with two attached hydrogens (primary N) is 1. The van der Waals surface area contributed by atoms with Crippen LogP contribution in [-0.4, -0.2) is 15.8 Å². The molecule has 2 rings (SSSR count). The van der Waals surface area contributed by atoms with Gasteiger partial charge >= 0.3 is 0 Å². The number of hydrogen-bond donors (Lipinski definition) is 3. The largest absolute Gasteiger partial charge is 0.348 e. The van der Waals surface area contributed by atoms with Crippen LogP contribution >= 0.6 is 0 Å². The van der Waals surface area contributed by atoms with E-state index < -0.39 is 10.8 Å². The minimum absolute atomic E-state index is 0.0366. The lowest BCUT2D eigenvalue weighted by molar-refractivity contribution is -0.385. The van der Waals surface area contributed by atoms with Gasteiger partial charge in [0.15, 0.2) is 5.82 Å². The molecule has 4 N–H and O–H groups in total. The highest BCUT2D eigenvalue weighted by Gasteiger charge is 2.15. The topological polar surface area (TPSA) is 123 Å². The lowest BCUT2D eigenvalue weighted by Gasteiger charge is -2.08. The number of hydrazine groups is 1. The Labute approximate surface area is 120 Å². The highest BCUT2D eigenvalue weighted by Crippen LogP contribution is 2.17. The lowest BCUT2D eigenvalue weighted by atomic mass is 10.1. The summed E-state index contributed by atoms with van der Waals surface area (Å²) in [5.41, 5.74) is 2.96. The van der Waals surface area contributed by atoms with Gasteiger partial charge in [-0.05, 0) is 12.1 Å². The first-order chi connectivity index (χ1) is 10.1. The summed E-state index contributed by atoms with van der Waals surface area (Å²) in [6, 6.07) is 9.37. The van der Waals surface area contributed by atoms with Crippen LogP contribution in [0.4, 0.5) is 11.5 Å². The second kappa shape index (κ2) is 6.44. The fraction of sp³-hybridized carbons (Fsp3) is 0.0769. The number of carbonyl (C=O) groups excluding carboxylic acids is 1. The molecule has 1 amide bonds. The number of amides is 1. The number of nitrogens with one attached hydrogen (secondary N) is 2. The Morgan fingerprint density at radius 1 is 1.29 bits per heavy atom. The Kier molecular flexibility index (Phi) is 4.42. The quantitative estimate of drug-likeness (QED) is 0.431. The molecule has 1 heterocycles. The molecule has 0 spiro atoms. The van der Waals surface area contributed by atoms with E-state index in [9.17, 15) is 14.9 Å². The second-order valence-electron chi connectivity index (χ2n) is 4.11. The number of rotatable bonds is 5. The second-order valence-corrected chi connectivity index (χ2v) is 4.11. The van der Waals surface area contributed by atoms with Crippen molar-refractivity contribution in [3.05, 3.63) is 63.8 Å². The number of nitrogen functional groups attached to an aromatic ring is 1. The van der Waals surface area contributed by atoms with Gasteiger partial charge in [-0.1, -0.05) is 18.2 Å². The van der Waals surface area contributed by atoms with Crippen molar-refractivity contribution in [3.63, 3.8) is 0 Å². The van der Waals surface area contributed by atoms with Crippen molar-refractivity contribution in [1.82, 2.24) is 10.3 Å². The molecule has 0 radical (unpaired) electrons. The molecular weight excluding hydrogens is 274 g/mol. The fourth-order valence-corrected chi connectivity index (χ4v) is 1.81. The van der Waals surface area contributed by atoms with Gasteiger partial charge in [-0.25, -0.2) is 10.8 Å². The Hall–Kier alpha value is -3.00. The maximum atomic E-state index is 12.1. The fourth-order valence-electron chi connectivity index (χ4n) is 1.81. The first-order valence-corrected chi connectivity index (χ1v) is 6.05. The third kappa shape index (κ3) is 3.31. The summed E-state index contributed by atoms with van der Waals surface area (Å²) >= 11 is 0. The molecule has 0 aliphatic carbocycles. The number of carbonyl (C=O) groups is 1. The van der Waals surface area contributed by atoms with E-state index in [0.717, 1.165) is 0 Å². The van der Waals surface area contributed by atoms with Gasteiger partial charge in [-0.2, -0.15) is 0 Å². The van der Waals surface area contributed by atoms with Gasteiger partial charge in [0.25, 0.3) is 11.6 Å². The molecule has 21 heavy (non-hydrogen) atoms. The average Bonchev–Trinajstić information content (AvgIpc) is 2.52. The standard InChI is InChI=1S/C13H13N5O3/c14-17-12-10(5-3-7-15-12)13(19)16-8-9-4-1-2-6-11(9)18(20)21/h1-7H,8,14H2,(H,15,17)(H,16,19). The van der Waals surface area contributed by atoms with Crippen molar-refractivity contribution in [3.8, 4) is 0 Å². The van der Waals surface area contributed by atoms with Gasteiger partial charge in [0, 0.05) is 24.4 Å². The van der Waals surface area contributed by atoms with Crippen molar-refractivity contribution >= 4 is 17.4 Å². The predicted octanol–water partition coefficient (Wildman–Crippen LogP) is 1.21. The van der Waals surface area contributed by atoms with Crippen LogP contribution in [0.25, 0.3) is 0 Å². The zero-order valence-electron chi connectivity index (χ0n) is 10.9. The summed E-state index contributed by atoms with van der Waals surface area (Å²) in [6.45, 7) is 0.0366. The van der Waals surface area contributed by atoms with Gasteiger partial charge < -0.3 is 10.7 Å². The van der Waals surface area contributed by atoms with Crippen LogP contribution in [0.5, 0.6) is 0 Å². The van der Waals surface area contributed by atoms with E-state index in [-0.39, 0.29) is 23.6 Å².